The summed E-state index contributed by atoms with van der Waals surface area (Å²) in [4.78, 5) is 18.8. The molecule has 2 rings (SSSR count). The average Bonchev–Trinajstić information content (AvgIpc) is 2.64. The lowest BCUT2D eigenvalue weighted by atomic mass is 10.1. The van der Waals surface area contributed by atoms with Crippen molar-refractivity contribution in [1.82, 2.24) is 15.5 Å². The molecule has 1 aliphatic rings. The summed E-state index contributed by atoms with van der Waals surface area (Å²) >= 11 is 0. The highest BCUT2D eigenvalue weighted by Gasteiger charge is 2.26. The van der Waals surface area contributed by atoms with Crippen LogP contribution in [0, 0.1) is 0 Å². The minimum atomic E-state index is 0.0578. The van der Waals surface area contributed by atoms with Crippen molar-refractivity contribution < 1.29 is 14.3 Å². The molecule has 150 valence electrons. The van der Waals surface area contributed by atoms with Crippen LogP contribution in [0.4, 0.5) is 0 Å². The molecule has 0 bridgehead atoms. The third-order valence-corrected chi connectivity index (χ3v) is 4.39. The van der Waals surface area contributed by atoms with Crippen molar-refractivity contribution in [2.75, 3.05) is 33.9 Å². The number of carbonyl (C=O) groups excluding carboxylic acids is 1. The Bertz CT molecular complexity index is 623. The Kier molecular flexibility index (Phi) is 8.06. The lowest BCUT2D eigenvalue weighted by molar-refractivity contribution is -0.0586. The SMILES string of the molecule is CN=C(NCc1ccc(C(=O)N2CC(C)OC(C)C2)cc1)NC(C)COC. The van der Waals surface area contributed by atoms with Gasteiger partial charge in [0.25, 0.3) is 5.91 Å². The molecule has 1 aromatic rings. The van der Waals surface area contributed by atoms with E-state index in [4.69, 9.17) is 9.47 Å². The number of carbonyl (C=O) groups is 1. The molecule has 0 aliphatic carbocycles. The highest BCUT2D eigenvalue weighted by atomic mass is 16.5. The highest BCUT2D eigenvalue weighted by Crippen LogP contribution is 2.15. The molecule has 7 heteroatoms. The number of guanidine groups is 1. The van der Waals surface area contributed by atoms with Gasteiger partial charge in [-0.2, -0.15) is 0 Å². The predicted molar refractivity (Wildman–Crippen MR) is 107 cm³/mol. The van der Waals surface area contributed by atoms with E-state index in [1.54, 1.807) is 14.2 Å². The number of hydrogen-bond donors (Lipinski definition) is 2. The normalized spacial score (nSPS) is 21.7. The second-order valence-corrected chi connectivity index (χ2v) is 7.09. The molecule has 0 saturated carbocycles. The van der Waals surface area contributed by atoms with Crippen LogP contribution < -0.4 is 10.6 Å². The van der Waals surface area contributed by atoms with Gasteiger partial charge >= 0.3 is 0 Å². The summed E-state index contributed by atoms with van der Waals surface area (Å²) in [5.74, 6) is 0.776. The molecule has 27 heavy (non-hydrogen) atoms. The number of benzene rings is 1. The van der Waals surface area contributed by atoms with Crippen LogP contribution in [0.25, 0.3) is 0 Å². The van der Waals surface area contributed by atoms with Gasteiger partial charge in [-0.25, -0.2) is 0 Å². The van der Waals surface area contributed by atoms with Gasteiger partial charge in [0.05, 0.1) is 18.8 Å². The first-order valence-corrected chi connectivity index (χ1v) is 9.42. The number of aliphatic imine (C=N–C) groups is 1. The van der Waals surface area contributed by atoms with Gasteiger partial charge in [0.15, 0.2) is 5.96 Å². The van der Waals surface area contributed by atoms with E-state index in [9.17, 15) is 4.79 Å². The van der Waals surface area contributed by atoms with Crippen molar-refractivity contribution >= 4 is 11.9 Å². The highest BCUT2D eigenvalue weighted by molar-refractivity contribution is 5.94. The molecule has 3 atom stereocenters. The van der Waals surface area contributed by atoms with Crippen molar-refractivity contribution in [1.29, 1.82) is 0 Å². The molecule has 1 amide bonds. The van der Waals surface area contributed by atoms with Crippen LogP contribution in [0.2, 0.25) is 0 Å². The maximum atomic E-state index is 12.7. The minimum Gasteiger partial charge on any atom is -0.383 e. The zero-order valence-electron chi connectivity index (χ0n) is 17.0. The van der Waals surface area contributed by atoms with Gasteiger partial charge in [0.1, 0.15) is 0 Å². The zero-order valence-corrected chi connectivity index (χ0v) is 17.0. The van der Waals surface area contributed by atoms with Gasteiger partial charge in [0, 0.05) is 45.4 Å². The Hall–Kier alpha value is -2.12. The van der Waals surface area contributed by atoms with Crippen LogP contribution >= 0.6 is 0 Å². The standard InChI is InChI=1S/C20H32N4O3/c1-14(13-26-5)23-20(21-4)22-10-17-6-8-18(9-7-17)19(25)24-11-15(2)27-16(3)12-24/h6-9,14-16H,10-13H2,1-5H3,(H2,21,22,23). The van der Waals surface area contributed by atoms with Crippen LogP contribution in [-0.4, -0.2) is 68.9 Å². The summed E-state index contributed by atoms with van der Waals surface area (Å²) in [6.45, 7) is 8.53. The molecule has 1 heterocycles. The summed E-state index contributed by atoms with van der Waals surface area (Å²) in [5.41, 5.74) is 1.79. The summed E-state index contributed by atoms with van der Waals surface area (Å²) in [7, 11) is 3.41. The van der Waals surface area contributed by atoms with E-state index < -0.39 is 0 Å². The third kappa shape index (κ3) is 6.52. The van der Waals surface area contributed by atoms with Crippen LogP contribution in [0.1, 0.15) is 36.7 Å². The van der Waals surface area contributed by atoms with Gasteiger partial charge < -0.3 is 25.0 Å². The first-order chi connectivity index (χ1) is 12.9. The summed E-state index contributed by atoms with van der Waals surface area (Å²) in [6.07, 6.45) is 0.141. The molecule has 1 aliphatic heterocycles. The largest absolute Gasteiger partial charge is 0.383 e. The van der Waals surface area contributed by atoms with Gasteiger partial charge in [-0.3, -0.25) is 9.79 Å². The van der Waals surface area contributed by atoms with E-state index in [1.165, 1.54) is 0 Å². The summed E-state index contributed by atoms with van der Waals surface area (Å²) < 4.78 is 10.8. The van der Waals surface area contributed by atoms with Crippen LogP contribution in [0.5, 0.6) is 0 Å². The van der Waals surface area contributed by atoms with Crippen LogP contribution in [0.3, 0.4) is 0 Å². The van der Waals surface area contributed by atoms with Gasteiger partial charge in [-0.05, 0) is 38.5 Å². The van der Waals surface area contributed by atoms with Gasteiger partial charge in [-0.1, -0.05) is 12.1 Å². The van der Waals surface area contributed by atoms with E-state index in [0.717, 1.165) is 11.5 Å². The number of ether oxygens (including phenoxy) is 2. The molecule has 7 nitrogen and oxygen atoms in total. The van der Waals surface area contributed by atoms with Gasteiger partial charge in [0.2, 0.25) is 0 Å². The molecule has 0 spiro atoms. The first-order valence-electron chi connectivity index (χ1n) is 9.42. The van der Waals surface area contributed by atoms with E-state index in [0.29, 0.717) is 31.8 Å². The topological polar surface area (TPSA) is 75.2 Å². The molecule has 3 unspecified atom stereocenters. The quantitative estimate of drug-likeness (QED) is 0.583. The number of methoxy groups -OCH3 is 1. The molecular formula is C20H32N4O3. The Labute approximate surface area is 162 Å². The fourth-order valence-electron chi connectivity index (χ4n) is 3.20. The lowest BCUT2D eigenvalue weighted by Crippen LogP contribution is -2.48. The zero-order chi connectivity index (χ0) is 19.8. The number of morpholine rings is 1. The summed E-state index contributed by atoms with van der Waals surface area (Å²) in [6, 6.07) is 7.88. The first kappa shape index (κ1) is 21.2. The van der Waals surface area contributed by atoms with Crippen LogP contribution in [-0.2, 0) is 16.0 Å². The molecule has 1 saturated heterocycles. The van der Waals surface area contributed by atoms with Crippen molar-refractivity contribution in [3.63, 3.8) is 0 Å². The number of nitrogens with one attached hydrogen (secondary N) is 2. The number of nitrogens with zero attached hydrogens (tertiary/aromatic N) is 2. The molecule has 1 aromatic carbocycles. The minimum absolute atomic E-state index is 0.0578. The average molecular weight is 377 g/mol. The monoisotopic (exact) mass is 376 g/mol. The Balaban J connectivity index is 1.90. The fourth-order valence-corrected chi connectivity index (χ4v) is 3.20. The second kappa shape index (κ2) is 10.3. The van der Waals surface area contributed by atoms with Crippen molar-refractivity contribution in [3.05, 3.63) is 35.4 Å². The molecule has 0 radical (unpaired) electrons. The fraction of sp³-hybridized carbons (Fsp3) is 0.600. The number of rotatable bonds is 6. The second-order valence-electron chi connectivity index (χ2n) is 7.09. The van der Waals surface area contributed by atoms with E-state index in [-0.39, 0.29) is 24.2 Å². The molecule has 1 fully saturated rings. The maximum Gasteiger partial charge on any atom is 0.254 e. The van der Waals surface area contributed by atoms with Crippen LogP contribution in [0.15, 0.2) is 29.3 Å². The molecular weight excluding hydrogens is 344 g/mol. The summed E-state index contributed by atoms with van der Waals surface area (Å²) in [5, 5.41) is 6.53. The van der Waals surface area contributed by atoms with Gasteiger partial charge in [-0.15, -0.1) is 0 Å². The number of hydrogen-bond acceptors (Lipinski definition) is 4. The van der Waals surface area contributed by atoms with Crippen molar-refractivity contribution in [2.24, 2.45) is 4.99 Å². The van der Waals surface area contributed by atoms with Crippen molar-refractivity contribution in [3.8, 4) is 0 Å². The Morgan fingerprint density at radius 2 is 1.93 bits per heavy atom. The molecule has 0 aromatic heterocycles. The van der Waals surface area contributed by atoms with E-state index >= 15 is 0 Å². The Morgan fingerprint density at radius 1 is 1.30 bits per heavy atom. The maximum absolute atomic E-state index is 12.7. The lowest BCUT2D eigenvalue weighted by Gasteiger charge is -2.35. The van der Waals surface area contributed by atoms with Crippen molar-refractivity contribution in [2.45, 2.75) is 45.6 Å². The predicted octanol–water partition coefficient (Wildman–Crippen LogP) is 1.64. The van der Waals surface area contributed by atoms with E-state index in [1.807, 2.05) is 49.9 Å². The third-order valence-electron chi connectivity index (χ3n) is 4.39. The van der Waals surface area contributed by atoms with E-state index in [2.05, 4.69) is 15.6 Å². The molecule has 2 N–H and O–H groups in total. The smallest absolute Gasteiger partial charge is 0.254 e. The Morgan fingerprint density at radius 3 is 2.48 bits per heavy atom. The number of amides is 1.